The molecule has 1 heterocycles. The molecule has 1 atom stereocenters. The van der Waals surface area contributed by atoms with E-state index in [4.69, 9.17) is 0 Å². The maximum atomic E-state index is 3.57. The zero-order valence-corrected chi connectivity index (χ0v) is 12.0. The summed E-state index contributed by atoms with van der Waals surface area (Å²) in [4.78, 5) is 0. The maximum absolute atomic E-state index is 3.57. The standard InChI is InChI=1S/C16H33N/c1-2-3-4-5-6-7-8-9-12-16-13-10-11-14-17-15-16/h16-17H,2-15H2,1H3. The van der Waals surface area contributed by atoms with Crippen LogP contribution in [0.25, 0.3) is 0 Å². The smallest absolute Gasteiger partial charge is 0.00205 e. The van der Waals surface area contributed by atoms with E-state index in [0.29, 0.717) is 0 Å². The van der Waals surface area contributed by atoms with E-state index in [9.17, 15) is 0 Å². The van der Waals surface area contributed by atoms with Crippen molar-refractivity contribution in [2.24, 2.45) is 5.92 Å². The summed E-state index contributed by atoms with van der Waals surface area (Å²) < 4.78 is 0. The molecule has 0 spiro atoms. The number of nitrogens with one attached hydrogen (secondary N) is 1. The highest BCUT2D eigenvalue weighted by atomic mass is 14.9. The van der Waals surface area contributed by atoms with E-state index in [2.05, 4.69) is 12.2 Å². The molecule has 1 aliphatic rings. The zero-order valence-electron chi connectivity index (χ0n) is 12.0. The molecular formula is C16H33N. The Balaban J connectivity index is 1.82. The van der Waals surface area contributed by atoms with Crippen molar-refractivity contribution < 1.29 is 0 Å². The molecule has 1 N–H and O–H groups in total. The predicted molar refractivity (Wildman–Crippen MR) is 77.4 cm³/mol. The van der Waals surface area contributed by atoms with Gasteiger partial charge in [-0.25, -0.2) is 0 Å². The number of unbranched alkanes of at least 4 members (excludes halogenated alkanes) is 7. The van der Waals surface area contributed by atoms with Crippen LogP contribution in [0.4, 0.5) is 0 Å². The molecule has 1 fully saturated rings. The molecule has 1 unspecified atom stereocenters. The predicted octanol–water partition coefficient (Wildman–Crippen LogP) is 4.91. The van der Waals surface area contributed by atoms with E-state index in [1.807, 2.05) is 0 Å². The van der Waals surface area contributed by atoms with Gasteiger partial charge in [0, 0.05) is 0 Å². The van der Waals surface area contributed by atoms with E-state index in [1.54, 1.807) is 0 Å². The molecule has 0 aromatic heterocycles. The topological polar surface area (TPSA) is 12.0 Å². The van der Waals surface area contributed by atoms with Gasteiger partial charge in [-0.1, -0.05) is 64.7 Å². The summed E-state index contributed by atoms with van der Waals surface area (Å²) >= 11 is 0. The second-order valence-electron chi connectivity index (χ2n) is 5.83. The second kappa shape index (κ2) is 11.1. The Hall–Kier alpha value is -0.0400. The largest absolute Gasteiger partial charge is 0.316 e. The van der Waals surface area contributed by atoms with E-state index >= 15 is 0 Å². The average Bonchev–Trinajstić information content (AvgIpc) is 2.61. The van der Waals surface area contributed by atoms with Gasteiger partial charge in [0.25, 0.3) is 0 Å². The minimum atomic E-state index is 0.984. The molecule has 0 radical (unpaired) electrons. The Morgan fingerprint density at radius 3 is 2.35 bits per heavy atom. The highest BCUT2D eigenvalue weighted by Gasteiger charge is 2.10. The summed E-state index contributed by atoms with van der Waals surface area (Å²) in [6, 6.07) is 0. The summed E-state index contributed by atoms with van der Waals surface area (Å²) in [5.41, 5.74) is 0. The molecule has 1 aliphatic heterocycles. The molecule has 0 saturated carbocycles. The first kappa shape index (κ1) is 15.0. The lowest BCUT2D eigenvalue weighted by atomic mass is 9.96. The minimum absolute atomic E-state index is 0.984. The SMILES string of the molecule is CCCCCCCCCCC1CCCCNC1. The normalized spacial score (nSPS) is 21.4. The van der Waals surface area contributed by atoms with Crippen molar-refractivity contribution >= 4 is 0 Å². The third-order valence-electron chi connectivity index (χ3n) is 4.11. The van der Waals surface area contributed by atoms with E-state index in [1.165, 1.54) is 90.1 Å². The fourth-order valence-corrected chi connectivity index (χ4v) is 2.90. The van der Waals surface area contributed by atoms with Crippen molar-refractivity contribution in [3.05, 3.63) is 0 Å². The van der Waals surface area contributed by atoms with Crippen LogP contribution in [0.15, 0.2) is 0 Å². The van der Waals surface area contributed by atoms with E-state index in [-0.39, 0.29) is 0 Å². The molecule has 1 nitrogen and oxygen atoms in total. The van der Waals surface area contributed by atoms with Crippen LogP contribution in [-0.4, -0.2) is 13.1 Å². The Morgan fingerprint density at radius 2 is 1.59 bits per heavy atom. The summed E-state index contributed by atoms with van der Waals surface area (Å²) in [5.74, 6) is 0.984. The van der Waals surface area contributed by atoms with Gasteiger partial charge in [0.05, 0.1) is 0 Å². The molecule has 0 aromatic rings. The van der Waals surface area contributed by atoms with Crippen LogP contribution < -0.4 is 5.32 Å². The first-order chi connectivity index (χ1) is 8.43. The first-order valence-electron chi connectivity index (χ1n) is 8.14. The van der Waals surface area contributed by atoms with Gasteiger partial charge in [-0.3, -0.25) is 0 Å². The van der Waals surface area contributed by atoms with E-state index in [0.717, 1.165) is 5.92 Å². The van der Waals surface area contributed by atoms with Crippen LogP contribution in [-0.2, 0) is 0 Å². The molecule has 0 amide bonds. The third kappa shape index (κ3) is 8.65. The third-order valence-corrected chi connectivity index (χ3v) is 4.11. The van der Waals surface area contributed by atoms with Crippen molar-refractivity contribution in [2.45, 2.75) is 84.0 Å². The number of rotatable bonds is 9. The van der Waals surface area contributed by atoms with Gasteiger partial charge >= 0.3 is 0 Å². The Bertz CT molecular complexity index is 148. The highest BCUT2D eigenvalue weighted by molar-refractivity contribution is 4.67. The van der Waals surface area contributed by atoms with Gasteiger partial charge in [0.2, 0.25) is 0 Å². The van der Waals surface area contributed by atoms with Gasteiger partial charge in [0.1, 0.15) is 0 Å². The Labute approximate surface area is 109 Å². The van der Waals surface area contributed by atoms with Crippen molar-refractivity contribution in [2.75, 3.05) is 13.1 Å². The molecular weight excluding hydrogens is 206 g/mol. The van der Waals surface area contributed by atoms with Crippen molar-refractivity contribution in [3.63, 3.8) is 0 Å². The minimum Gasteiger partial charge on any atom is -0.316 e. The molecule has 0 aliphatic carbocycles. The van der Waals surface area contributed by atoms with Gasteiger partial charge in [-0.05, 0) is 38.3 Å². The Kier molecular flexibility index (Phi) is 9.78. The van der Waals surface area contributed by atoms with Gasteiger partial charge < -0.3 is 5.32 Å². The molecule has 1 rings (SSSR count). The van der Waals surface area contributed by atoms with Crippen molar-refractivity contribution in [3.8, 4) is 0 Å². The fraction of sp³-hybridized carbons (Fsp3) is 1.00. The molecule has 1 saturated heterocycles. The monoisotopic (exact) mass is 239 g/mol. The van der Waals surface area contributed by atoms with E-state index < -0.39 is 0 Å². The lowest BCUT2D eigenvalue weighted by molar-refractivity contribution is 0.420. The van der Waals surface area contributed by atoms with Gasteiger partial charge in [-0.15, -0.1) is 0 Å². The van der Waals surface area contributed by atoms with Crippen molar-refractivity contribution in [1.29, 1.82) is 0 Å². The summed E-state index contributed by atoms with van der Waals surface area (Å²) in [7, 11) is 0. The zero-order chi connectivity index (χ0) is 12.2. The van der Waals surface area contributed by atoms with Crippen LogP contribution >= 0.6 is 0 Å². The van der Waals surface area contributed by atoms with Crippen LogP contribution in [0.2, 0.25) is 0 Å². The molecule has 102 valence electrons. The van der Waals surface area contributed by atoms with Crippen molar-refractivity contribution in [1.82, 2.24) is 5.32 Å². The van der Waals surface area contributed by atoms with Crippen LogP contribution in [0.1, 0.15) is 84.0 Å². The highest BCUT2D eigenvalue weighted by Crippen LogP contribution is 2.19. The fourth-order valence-electron chi connectivity index (χ4n) is 2.90. The Morgan fingerprint density at radius 1 is 0.882 bits per heavy atom. The second-order valence-corrected chi connectivity index (χ2v) is 5.83. The van der Waals surface area contributed by atoms with Gasteiger partial charge in [0.15, 0.2) is 0 Å². The molecule has 17 heavy (non-hydrogen) atoms. The summed E-state index contributed by atoms with van der Waals surface area (Å²) in [6.07, 6.45) is 17.4. The quantitative estimate of drug-likeness (QED) is 0.564. The van der Waals surface area contributed by atoms with Crippen LogP contribution in [0.5, 0.6) is 0 Å². The van der Waals surface area contributed by atoms with Crippen LogP contribution in [0.3, 0.4) is 0 Å². The number of hydrogen-bond acceptors (Lipinski definition) is 1. The average molecular weight is 239 g/mol. The molecule has 0 bridgehead atoms. The summed E-state index contributed by atoms with van der Waals surface area (Å²) in [6.45, 7) is 4.84. The number of hydrogen-bond donors (Lipinski definition) is 1. The lowest BCUT2D eigenvalue weighted by Gasteiger charge is -2.13. The maximum Gasteiger partial charge on any atom is -0.00205 e. The molecule has 0 aromatic carbocycles. The first-order valence-corrected chi connectivity index (χ1v) is 8.14. The van der Waals surface area contributed by atoms with Crippen LogP contribution in [0, 0.1) is 5.92 Å². The summed E-state index contributed by atoms with van der Waals surface area (Å²) in [5, 5.41) is 3.57. The molecule has 1 heteroatoms. The van der Waals surface area contributed by atoms with Gasteiger partial charge in [-0.2, -0.15) is 0 Å². The lowest BCUT2D eigenvalue weighted by Crippen LogP contribution is -2.20.